The number of hydrogen-bond acceptors (Lipinski definition) is 7. The van der Waals surface area contributed by atoms with Crippen molar-refractivity contribution in [2.75, 3.05) is 12.0 Å². The van der Waals surface area contributed by atoms with E-state index in [1.165, 1.54) is 13.3 Å². The smallest absolute Gasteiger partial charge is 0.335 e. The molecule has 4 amide bonds. The number of rotatable bonds is 6. The fourth-order valence-corrected chi connectivity index (χ4v) is 3.14. The Labute approximate surface area is 189 Å². The topological polar surface area (TPSA) is 113 Å². The van der Waals surface area contributed by atoms with Crippen LogP contribution in [0.5, 0.6) is 5.75 Å². The molecule has 1 aliphatic heterocycles. The van der Waals surface area contributed by atoms with Crippen molar-refractivity contribution in [2.45, 2.75) is 0 Å². The van der Waals surface area contributed by atoms with Crippen molar-refractivity contribution in [3.8, 4) is 5.75 Å². The molecule has 1 atom stereocenters. The van der Waals surface area contributed by atoms with E-state index in [9.17, 15) is 14.4 Å². The minimum atomic E-state index is -1.27. The van der Waals surface area contributed by atoms with Crippen molar-refractivity contribution in [3.63, 3.8) is 0 Å². The van der Waals surface area contributed by atoms with Crippen LogP contribution in [0.15, 0.2) is 94.1 Å². The number of methoxy groups -OCH3 is 1. The van der Waals surface area contributed by atoms with Gasteiger partial charge < -0.3 is 4.74 Å². The third-order valence-corrected chi connectivity index (χ3v) is 4.79. The number of barbiturate groups is 1. The lowest BCUT2D eigenvalue weighted by molar-refractivity contribution is -0.131. The highest BCUT2D eigenvalue weighted by Crippen LogP contribution is 2.30. The molecule has 1 aliphatic rings. The molecule has 9 heteroatoms. The molecule has 164 valence electrons. The van der Waals surface area contributed by atoms with Gasteiger partial charge in [0.05, 0.1) is 29.9 Å². The summed E-state index contributed by atoms with van der Waals surface area (Å²) in [5.41, 5.74) is 2.10. The highest BCUT2D eigenvalue weighted by Gasteiger charge is 2.41. The van der Waals surface area contributed by atoms with Crippen LogP contribution in [0.4, 0.5) is 27.5 Å². The van der Waals surface area contributed by atoms with Gasteiger partial charge in [0.2, 0.25) is 5.91 Å². The molecule has 33 heavy (non-hydrogen) atoms. The monoisotopic (exact) mass is 441 g/mol. The highest BCUT2D eigenvalue weighted by molar-refractivity contribution is 6.33. The Morgan fingerprint density at radius 1 is 0.818 bits per heavy atom. The van der Waals surface area contributed by atoms with E-state index >= 15 is 0 Å². The van der Waals surface area contributed by atoms with Crippen LogP contribution in [0.2, 0.25) is 0 Å². The lowest BCUT2D eigenvalue weighted by atomic mass is 10.1. The number of nitrogens with zero attached hydrogens (tertiary/aromatic N) is 4. The molecule has 9 nitrogen and oxygen atoms in total. The summed E-state index contributed by atoms with van der Waals surface area (Å²) >= 11 is 0. The van der Waals surface area contributed by atoms with Gasteiger partial charge in [0.1, 0.15) is 5.75 Å². The summed E-state index contributed by atoms with van der Waals surface area (Å²) in [7, 11) is 1.43. The molecule has 3 aromatic carbocycles. The molecule has 0 saturated carbocycles. The lowest BCUT2D eigenvalue weighted by Gasteiger charge is -2.29. The number of amides is 4. The first kappa shape index (κ1) is 21.6. The summed E-state index contributed by atoms with van der Waals surface area (Å²) in [6, 6.07) is 21.8. The predicted octanol–water partition coefficient (Wildman–Crippen LogP) is 4.71. The minimum Gasteiger partial charge on any atom is -0.495 e. The number of carbonyl (C=O) groups excluding carboxylic acids is 3. The predicted molar refractivity (Wildman–Crippen MR) is 123 cm³/mol. The van der Waals surface area contributed by atoms with Gasteiger partial charge >= 0.3 is 6.03 Å². The second kappa shape index (κ2) is 9.65. The molecule has 0 unspecified atom stereocenters. The van der Waals surface area contributed by atoms with E-state index in [4.69, 9.17) is 4.74 Å². The van der Waals surface area contributed by atoms with E-state index in [-0.39, 0.29) is 5.69 Å². The molecular weight excluding hydrogens is 422 g/mol. The fraction of sp³-hybridized carbons (Fsp3) is 0.0833. The van der Waals surface area contributed by atoms with Crippen molar-refractivity contribution in [1.82, 2.24) is 5.32 Å². The van der Waals surface area contributed by atoms with Crippen LogP contribution in [0.25, 0.3) is 0 Å². The molecule has 1 saturated heterocycles. The first-order valence-corrected chi connectivity index (χ1v) is 9.99. The van der Waals surface area contributed by atoms with Gasteiger partial charge in [0, 0.05) is 6.21 Å². The molecule has 0 spiro atoms. The molecule has 0 aromatic heterocycles. The number of nitrogens with one attached hydrogen (secondary N) is 1. The number of imide groups is 2. The molecule has 1 N–H and O–H groups in total. The van der Waals surface area contributed by atoms with Gasteiger partial charge in [-0.3, -0.25) is 19.9 Å². The van der Waals surface area contributed by atoms with Crippen molar-refractivity contribution in [2.24, 2.45) is 21.1 Å². The zero-order chi connectivity index (χ0) is 23.2. The van der Waals surface area contributed by atoms with Crippen molar-refractivity contribution < 1.29 is 19.1 Å². The number of ether oxygens (including phenoxy) is 1. The third-order valence-electron chi connectivity index (χ3n) is 4.79. The maximum Gasteiger partial charge on any atom is 0.335 e. The Balaban J connectivity index is 1.51. The Bertz CT molecular complexity index is 1240. The number of benzene rings is 3. The van der Waals surface area contributed by atoms with Crippen LogP contribution >= 0.6 is 0 Å². The largest absolute Gasteiger partial charge is 0.495 e. The van der Waals surface area contributed by atoms with Gasteiger partial charge in [-0.25, -0.2) is 9.69 Å². The molecule has 3 aromatic rings. The number of aliphatic imine (C=N–C) groups is 1. The van der Waals surface area contributed by atoms with E-state index in [0.29, 0.717) is 17.1 Å². The number of carbonyl (C=O) groups is 3. The number of para-hydroxylation sites is 2. The van der Waals surface area contributed by atoms with Gasteiger partial charge in [-0.15, -0.1) is 0 Å². The minimum absolute atomic E-state index is 0.238. The van der Waals surface area contributed by atoms with Gasteiger partial charge in [0.15, 0.2) is 5.92 Å². The second-order valence-corrected chi connectivity index (χ2v) is 6.95. The van der Waals surface area contributed by atoms with Crippen LogP contribution in [0.3, 0.4) is 0 Å². The quantitative estimate of drug-likeness (QED) is 0.339. The van der Waals surface area contributed by atoms with Crippen LogP contribution in [-0.2, 0) is 9.59 Å². The highest BCUT2D eigenvalue weighted by atomic mass is 16.5. The number of hydrogen-bond donors (Lipinski definition) is 1. The van der Waals surface area contributed by atoms with Crippen molar-refractivity contribution in [1.29, 1.82) is 0 Å². The van der Waals surface area contributed by atoms with E-state index in [0.717, 1.165) is 10.6 Å². The fourth-order valence-electron chi connectivity index (χ4n) is 3.14. The average molecular weight is 441 g/mol. The molecule has 4 rings (SSSR count). The molecular formula is C24H19N5O4. The normalized spacial score (nSPS) is 16.5. The zero-order valence-electron chi connectivity index (χ0n) is 17.6. The third kappa shape index (κ3) is 4.82. The van der Waals surface area contributed by atoms with Crippen LogP contribution < -0.4 is 15.0 Å². The standard InChI is InChI=1S/C24H19N5O4/c1-33-21-10-6-5-9-20(21)29-23(31)19(22(30)26-24(29)32)15-25-16-11-13-18(14-12-16)28-27-17-7-3-2-4-8-17/h2-15,19H,1H3,(H,26,30,32)/t19-/m1/s1. The maximum atomic E-state index is 13.0. The number of urea groups is 1. The molecule has 1 heterocycles. The lowest BCUT2D eigenvalue weighted by Crippen LogP contribution is -2.58. The summed E-state index contributed by atoms with van der Waals surface area (Å²) in [4.78, 5) is 42.8. The first-order chi connectivity index (χ1) is 16.1. The van der Waals surface area contributed by atoms with Crippen LogP contribution in [0, 0.1) is 5.92 Å². The van der Waals surface area contributed by atoms with E-state index in [1.807, 2.05) is 30.3 Å². The maximum absolute atomic E-state index is 13.0. The molecule has 1 fully saturated rings. The Kier molecular flexibility index (Phi) is 6.31. The average Bonchev–Trinajstić information content (AvgIpc) is 2.84. The first-order valence-electron chi connectivity index (χ1n) is 9.99. The van der Waals surface area contributed by atoms with Crippen LogP contribution in [0.1, 0.15) is 0 Å². The molecule has 0 bridgehead atoms. The van der Waals surface area contributed by atoms with Gasteiger partial charge in [0.25, 0.3) is 5.91 Å². The summed E-state index contributed by atoms with van der Waals surface area (Å²) in [5, 5.41) is 10.5. The van der Waals surface area contributed by atoms with Crippen molar-refractivity contribution >= 4 is 46.8 Å². The van der Waals surface area contributed by atoms with Gasteiger partial charge in [-0.05, 0) is 48.5 Å². The number of anilines is 1. The SMILES string of the molecule is COc1ccccc1N1C(=O)NC(=O)[C@@H](C=Nc2ccc(N=Nc3ccccc3)cc2)C1=O. The Hall–Kier alpha value is -4.66. The zero-order valence-corrected chi connectivity index (χ0v) is 17.6. The molecule has 0 radical (unpaired) electrons. The second-order valence-electron chi connectivity index (χ2n) is 6.95. The van der Waals surface area contributed by atoms with E-state index in [1.54, 1.807) is 48.5 Å². The summed E-state index contributed by atoms with van der Waals surface area (Å²) in [5.74, 6) is -2.41. The summed E-state index contributed by atoms with van der Waals surface area (Å²) in [6.45, 7) is 0. The van der Waals surface area contributed by atoms with Gasteiger partial charge in [-0.2, -0.15) is 10.2 Å². The van der Waals surface area contributed by atoms with E-state index < -0.39 is 23.8 Å². The van der Waals surface area contributed by atoms with Gasteiger partial charge in [-0.1, -0.05) is 30.3 Å². The van der Waals surface area contributed by atoms with E-state index in [2.05, 4.69) is 20.5 Å². The summed E-state index contributed by atoms with van der Waals surface area (Å²) in [6.07, 6.45) is 1.22. The Morgan fingerprint density at radius 3 is 2.12 bits per heavy atom. The Morgan fingerprint density at radius 2 is 1.42 bits per heavy atom. The molecule has 0 aliphatic carbocycles. The van der Waals surface area contributed by atoms with Crippen molar-refractivity contribution in [3.05, 3.63) is 78.9 Å². The number of azo groups is 1. The summed E-state index contributed by atoms with van der Waals surface area (Å²) < 4.78 is 5.24. The van der Waals surface area contributed by atoms with Crippen LogP contribution in [-0.4, -0.2) is 31.2 Å².